The van der Waals surface area contributed by atoms with Gasteiger partial charge in [0.25, 0.3) is 5.69 Å². The fraction of sp³-hybridized carbons (Fsp3) is 0.455. The van der Waals surface area contributed by atoms with Crippen LogP contribution in [0.4, 0.5) is 11.4 Å². The molecule has 17 heavy (non-hydrogen) atoms. The summed E-state index contributed by atoms with van der Waals surface area (Å²) in [7, 11) is 0. The summed E-state index contributed by atoms with van der Waals surface area (Å²) >= 11 is 3.31. The zero-order valence-corrected chi connectivity index (χ0v) is 11.5. The molecule has 0 aliphatic carbocycles. The van der Waals surface area contributed by atoms with Gasteiger partial charge in [0.15, 0.2) is 0 Å². The van der Waals surface area contributed by atoms with E-state index in [0.717, 1.165) is 18.8 Å². The Labute approximate surface area is 109 Å². The largest absolute Gasteiger partial charge is 0.383 e. The molecular formula is C11H16BrN3O2. The summed E-state index contributed by atoms with van der Waals surface area (Å²) in [6.07, 6.45) is 0. The first-order valence-electron chi connectivity index (χ1n) is 5.42. The lowest BCUT2D eigenvalue weighted by atomic mass is 10.3. The minimum absolute atomic E-state index is 0.0859. The zero-order chi connectivity index (χ0) is 12.8. The van der Waals surface area contributed by atoms with Crippen molar-refractivity contribution < 1.29 is 4.92 Å². The molecule has 1 aromatic rings. The van der Waals surface area contributed by atoms with Crippen LogP contribution in [-0.2, 0) is 0 Å². The number of halogens is 1. The number of anilines is 1. The van der Waals surface area contributed by atoms with Gasteiger partial charge in [-0.3, -0.25) is 10.1 Å². The molecule has 0 heterocycles. The third-order valence-corrected chi connectivity index (χ3v) is 2.81. The first kappa shape index (κ1) is 13.9. The minimum atomic E-state index is -0.408. The fourth-order valence-corrected chi connectivity index (χ4v) is 1.83. The van der Waals surface area contributed by atoms with Crippen molar-refractivity contribution in [3.8, 4) is 0 Å². The van der Waals surface area contributed by atoms with Gasteiger partial charge in [0.1, 0.15) is 0 Å². The molecule has 0 radical (unpaired) electrons. The molecule has 0 saturated heterocycles. The quantitative estimate of drug-likeness (QED) is 0.482. The van der Waals surface area contributed by atoms with Crippen molar-refractivity contribution in [2.75, 3.05) is 18.4 Å². The van der Waals surface area contributed by atoms with E-state index < -0.39 is 4.92 Å². The second kappa shape index (κ2) is 6.56. The smallest absolute Gasteiger partial charge is 0.270 e. The summed E-state index contributed by atoms with van der Waals surface area (Å²) < 4.78 is 0.705. The minimum Gasteiger partial charge on any atom is -0.383 e. The van der Waals surface area contributed by atoms with E-state index in [9.17, 15) is 10.1 Å². The number of nitro groups is 1. The van der Waals surface area contributed by atoms with E-state index in [1.165, 1.54) is 12.1 Å². The molecule has 1 aromatic carbocycles. The Kier molecular flexibility index (Phi) is 5.37. The monoisotopic (exact) mass is 301 g/mol. The Bertz CT molecular complexity index is 396. The number of benzene rings is 1. The number of hydrogen-bond donors (Lipinski definition) is 2. The predicted molar refractivity (Wildman–Crippen MR) is 72.4 cm³/mol. The van der Waals surface area contributed by atoms with Gasteiger partial charge in [-0.25, -0.2) is 0 Å². The van der Waals surface area contributed by atoms with Crippen LogP contribution in [0.15, 0.2) is 22.7 Å². The van der Waals surface area contributed by atoms with Crippen molar-refractivity contribution in [1.29, 1.82) is 0 Å². The van der Waals surface area contributed by atoms with Gasteiger partial charge in [-0.15, -0.1) is 0 Å². The number of nitro benzene ring substituents is 1. The first-order chi connectivity index (χ1) is 8.00. The summed E-state index contributed by atoms with van der Waals surface area (Å²) in [5.41, 5.74) is 0.948. The van der Waals surface area contributed by atoms with Gasteiger partial charge in [0.05, 0.1) is 4.92 Å². The van der Waals surface area contributed by atoms with Crippen LogP contribution in [-0.4, -0.2) is 24.1 Å². The van der Waals surface area contributed by atoms with Crippen LogP contribution in [0, 0.1) is 10.1 Å². The van der Waals surface area contributed by atoms with Gasteiger partial charge in [0.2, 0.25) is 0 Å². The van der Waals surface area contributed by atoms with Crippen molar-refractivity contribution in [1.82, 2.24) is 5.32 Å². The number of rotatable bonds is 6. The van der Waals surface area contributed by atoms with Crippen molar-refractivity contribution >= 4 is 27.3 Å². The van der Waals surface area contributed by atoms with E-state index in [2.05, 4.69) is 40.4 Å². The van der Waals surface area contributed by atoms with Gasteiger partial charge < -0.3 is 10.6 Å². The number of nitrogens with one attached hydrogen (secondary N) is 2. The second-order valence-electron chi connectivity index (χ2n) is 3.96. The molecule has 2 N–H and O–H groups in total. The van der Waals surface area contributed by atoms with Gasteiger partial charge >= 0.3 is 0 Å². The lowest BCUT2D eigenvalue weighted by Gasteiger charge is -2.11. The summed E-state index contributed by atoms with van der Waals surface area (Å²) in [4.78, 5) is 10.1. The first-order valence-corrected chi connectivity index (χ1v) is 6.21. The molecule has 0 unspecified atom stereocenters. The molecule has 5 nitrogen and oxygen atoms in total. The van der Waals surface area contributed by atoms with Crippen molar-refractivity contribution in [3.63, 3.8) is 0 Å². The standard InChI is InChI=1S/C11H16BrN3O2/c1-8(2)13-5-6-14-11-4-3-9(15(16)17)7-10(11)12/h3-4,7-8,13-14H,5-6H2,1-2H3. The lowest BCUT2D eigenvalue weighted by molar-refractivity contribution is -0.384. The van der Waals surface area contributed by atoms with E-state index in [-0.39, 0.29) is 5.69 Å². The number of hydrogen-bond acceptors (Lipinski definition) is 4. The fourth-order valence-electron chi connectivity index (χ4n) is 1.32. The maximum Gasteiger partial charge on any atom is 0.270 e. The number of non-ortho nitro benzene ring substituents is 1. The van der Waals surface area contributed by atoms with Crippen LogP contribution in [0.25, 0.3) is 0 Å². The molecule has 0 fully saturated rings. The Morgan fingerprint density at radius 1 is 1.41 bits per heavy atom. The highest BCUT2D eigenvalue weighted by molar-refractivity contribution is 9.10. The predicted octanol–water partition coefficient (Wildman–Crippen LogP) is 2.77. The molecule has 6 heteroatoms. The average molecular weight is 302 g/mol. The van der Waals surface area contributed by atoms with Gasteiger partial charge in [-0.05, 0) is 22.0 Å². The Morgan fingerprint density at radius 2 is 2.12 bits per heavy atom. The maximum absolute atomic E-state index is 10.6. The maximum atomic E-state index is 10.6. The lowest BCUT2D eigenvalue weighted by Crippen LogP contribution is -2.28. The normalized spacial score (nSPS) is 10.6. The second-order valence-corrected chi connectivity index (χ2v) is 4.81. The summed E-state index contributed by atoms with van der Waals surface area (Å²) in [5.74, 6) is 0. The SMILES string of the molecule is CC(C)NCCNc1ccc([N+](=O)[O-])cc1Br. The van der Waals surface area contributed by atoms with Crippen LogP contribution in [0.5, 0.6) is 0 Å². The van der Waals surface area contributed by atoms with Gasteiger partial charge in [-0.2, -0.15) is 0 Å². The molecule has 0 aliphatic heterocycles. The summed E-state index contributed by atoms with van der Waals surface area (Å²) in [6, 6.07) is 5.15. The van der Waals surface area contributed by atoms with Gasteiger partial charge in [-0.1, -0.05) is 13.8 Å². The van der Waals surface area contributed by atoms with E-state index in [4.69, 9.17) is 0 Å². The van der Waals surface area contributed by atoms with Crippen LogP contribution in [0.1, 0.15) is 13.8 Å². The van der Waals surface area contributed by atoms with E-state index in [1.54, 1.807) is 6.07 Å². The molecular weight excluding hydrogens is 286 g/mol. The molecule has 0 bridgehead atoms. The zero-order valence-electron chi connectivity index (χ0n) is 9.87. The number of nitrogens with zero attached hydrogens (tertiary/aromatic N) is 1. The van der Waals surface area contributed by atoms with E-state index in [1.807, 2.05) is 0 Å². The molecule has 1 rings (SSSR count). The van der Waals surface area contributed by atoms with E-state index in [0.29, 0.717) is 10.5 Å². The molecule has 0 atom stereocenters. The summed E-state index contributed by atoms with van der Waals surface area (Å²) in [5, 5.41) is 17.0. The molecule has 0 amide bonds. The average Bonchev–Trinajstić information content (AvgIpc) is 2.25. The highest BCUT2D eigenvalue weighted by Crippen LogP contribution is 2.26. The highest BCUT2D eigenvalue weighted by Gasteiger charge is 2.08. The van der Waals surface area contributed by atoms with Crippen LogP contribution in [0.3, 0.4) is 0 Å². The van der Waals surface area contributed by atoms with Gasteiger partial charge in [0, 0.05) is 41.4 Å². The van der Waals surface area contributed by atoms with Crippen molar-refractivity contribution in [2.45, 2.75) is 19.9 Å². The highest BCUT2D eigenvalue weighted by atomic mass is 79.9. The molecule has 0 spiro atoms. The van der Waals surface area contributed by atoms with Crippen LogP contribution in [0.2, 0.25) is 0 Å². The molecule has 0 saturated carbocycles. The Balaban J connectivity index is 2.52. The molecule has 0 aliphatic rings. The van der Waals surface area contributed by atoms with E-state index >= 15 is 0 Å². The Hall–Kier alpha value is -1.14. The van der Waals surface area contributed by atoms with Crippen molar-refractivity contribution in [3.05, 3.63) is 32.8 Å². The van der Waals surface area contributed by atoms with Crippen LogP contribution < -0.4 is 10.6 Å². The third kappa shape index (κ3) is 4.70. The third-order valence-electron chi connectivity index (χ3n) is 2.16. The Morgan fingerprint density at radius 3 is 2.65 bits per heavy atom. The summed E-state index contributed by atoms with van der Waals surface area (Å²) in [6.45, 7) is 5.79. The molecule has 0 aromatic heterocycles. The van der Waals surface area contributed by atoms with Crippen molar-refractivity contribution in [2.24, 2.45) is 0 Å². The topological polar surface area (TPSA) is 67.2 Å². The van der Waals surface area contributed by atoms with Crippen LogP contribution >= 0.6 is 15.9 Å². The molecule has 94 valence electrons.